The van der Waals surface area contributed by atoms with Gasteiger partial charge in [-0.3, -0.25) is 0 Å². The number of hydrogen-bond acceptors (Lipinski definition) is 3. The molecule has 1 aliphatic heterocycles. The van der Waals surface area contributed by atoms with Gasteiger partial charge in [-0.1, -0.05) is 0 Å². The number of likely N-dealkylation sites (N-methyl/N-ethyl adjacent to an activating group) is 1. The Kier molecular flexibility index (Phi) is 4.69. The minimum absolute atomic E-state index is 0.0578. The van der Waals surface area contributed by atoms with Crippen LogP contribution in [0, 0.1) is 0 Å². The zero-order valence-corrected chi connectivity index (χ0v) is 8.78. The zero-order valence-electron chi connectivity index (χ0n) is 8.78. The largest absolute Gasteiger partial charge is 0.383 e. The molecule has 5 nitrogen and oxygen atoms in total. The molecule has 14 heavy (non-hydrogen) atoms. The van der Waals surface area contributed by atoms with Crippen LogP contribution in [0.4, 0.5) is 4.79 Å². The predicted octanol–water partition coefficient (Wildman–Crippen LogP) is 0.0631. The van der Waals surface area contributed by atoms with Crippen LogP contribution in [0.3, 0.4) is 0 Å². The molecule has 1 fully saturated rings. The van der Waals surface area contributed by atoms with Gasteiger partial charge in [0, 0.05) is 27.3 Å². The average molecular weight is 202 g/mol. The number of carbonyl (C=O) groups excluding carboxylic acids is 1. The summed E-state index contributed by atoms with van der Waals surface area (Å²) in [6.45, 7) is 2.54. The van der Waals surface area contributed by atoms with Crippen molar-refractivity contribution in [3.05, 3.63) is 0 Å². The van der Waals surface area contributed by atoms with E-state index >= 15 is 0 Å². The number of nitrogens with zero attached hydrogens (tertiary/aromatic N) is 1. The van der Waals surface area contributed by atoms with Gasteiger partial charge in [0.25, 0.3) is 0 Å². The summed E-state index contributed by atoms with van der Waals surface area (Å²) in [6, 6.07) is 0.116. The predicted molar refractivity (Wildman–Crippen MR) is 52.3 cm³/mol. The maximum Gasteiger partial charge on any atom is 0.317 e. The Balaban J connectivity index is 2.18. The molecular formula is C9H18N2O3. The summed E-state index contributed by atoms with van der Waals surface area (Å²) >= 11 is 0. The minimum atomic E-state index is -0.0578. The van der Waals surface area contributed by atoms with Crippen molar-refractivity contribution >= 4 is 6.03 Å². The third-order valence-electron chi connectivity index (χ3n) is 2.23. The van der Waals surface area contributed by atoms with Gasteiger partial charge in [-0.25, -0.2) is 4.79 Å². The van der Waals surface area contributed by atoms with Crippen LogP contribution in [0.15, 0.2) is 0 Å². The summed E-state index contributed by atoms with van der Waals surface area (Å²) < 4.78 is 10.0. The average Bonchev–Trinajstić information content (AvgIpc) is 2.66. The van der Waals surface area contributed by atoms with Gasteiger partial charge >= 0.3 is 6.03 Å². The highest BCUT2D eigenvalue weighted by Gasteiger charge is 2.19. The van der Waals surface area contributed by atoms with E-state index in [1.807, 2.05) is 0 Å². The van der Waals surface area contributed by atoms with Gasteiger partial charge in [0.1, 0.15) is 0 Å². The number of ether oxygens (including phenoxy) is 2. The first kappa shape index (κ1) is 11.3. The Morgan fingerprint density at radius 2 is 2.50 bits per heavy atom. The molecule has 5 heteroatoms. The molecule has 0 radical (unpaired) electrons. The lowest BCUT2D eigenvalue weighted by atomic mass is 10.3. The molecule has 0 aromatic heterocycles. The van der Waals surface area contributed by atoms with Crippen LogP contribution in [-0.4, -0.2) is 57.5 Å². The van der Waals surface area contributed by atoms with E-state index in [1.54, 1.807) is 19.1 Å². The Labute approximate surface area is 84.4 Å². The number of urea groups is 1. The van der Waals surface area contributed by atoms with Crippen molar-refractivity contribution < 1.29 is 14.3 Å². The fraction of sp³-hybridized carbons (Fsp3) is 0.889. The Hall–Kier alpha value is -0.810. The van der Waals surface area contributed by atoms with E-state index < -0.39 is 0 Å². The van der Waals surface area contributed by atoms with Gasteiger partial charge in [0.2, 0.25) is 0 Å². The van der Waals surface area contributed by atoms with Crippen molar-refractivity contribution in [2.24, 2.45) is 0 Å². The molecule has 1 heterocycles. The van der Waals surface area contributed by atoms with E-state index in [4.69, 9.17) is 9.47 Å². The van der Waals surface area contributed by atoms with Crippen molar-refractivity contribution in [2.45, 2.75) is 12.5 Å². The van der Waals surface area contributed by atoms with E-state index in [9.17, 15) is 4.79 Å². The van der Waals surface area contributed by atoms with E-state index in [0.29, 0.717) is 19.8 Å². The number of methoxy groups -OCH3 is 1. The van der Waals surface area contributed by atoms with Crippen LogP contribution >= 0.6 is 0 Å². The fourth-order valence-corrected chi connectivity index (χ4v) is 1.26. The Morgan fingerprint density at radius 1 is 1.71 bits per heavy atom. The van der Waals surface area contributed by atoms with Crippen LogP contribution in [0.2, 0.25) is 0 Å². The molecular weight excluding hydrogens is 184 g/mol. The van der Waals surface area contributed by atoms with Crippen molar-refractivity contribution in [1.29, 1.82) is 0 Å². The standard InChI is InChI=1S/C9H18N2O3/c1-11(4-6-13-2)9(12)10-8-3-5-14-7-8/h8H,3-7H2,1-2H3,(H,10,12). The van der Waals surface area contributed by atoms with Crippen LogP contribution in [0.5, 0.6) is 0 Å². The SMILES string of the molecule is COCCN(C)C(=O)NC1CCOC1. The summed E-state index contributed by atoms with van der Waals surface area (Å²) in [7, 11) is 3.38. The molecule has 0 spiro atoms. The van der Waals surface area contributed by atoms with Crippen molar-refractivity contribution in [3.8, 4) is 0 Å². The third kappa shape index (κ3) is 3.51. The first-order chi connectivity index (χ1) is 6.74. The molecule has 1 aliphatic rings. The summed E-state index contributed by atoms with van der Waals surface area (Å²) in [5.74, 6) is 0. The van der Waals surface area contributed by atoms with Gasteiger partial charge in [-0.05, 0) is 6.42 Å². The van der Waals surface area contributed by atoms with Crippen LogP contribution in [-0.2, 0) is 9.47 Å². The first-order valence-electron chi connectivity index (χ1n) is 4.82. The lowest BCUT2D eigenvalue weighted by Gasteiger charge is -2.19. The molecule has 0 aliphatic carbocycles. The zero-order chi connectivity index (χ0) is 10.4. The third-order valence-corrected chi connectivity index (χ3v) is 2.23. The summed E-state index contributed by atoms with van der Waals surface area (Å²) in [5.41, 5.74) is 0. The van der Waals surface area contributed by atoms with Gasteiger partial charge in [-0.15, -0.1) is 0 Å². The molecule has 1 atom stereocenters. The smallest absolute Gasteiger partial charge is 0.317 e. The molecule has 82 valence electrons. The molecule has 1 rings (SSSR count). The molecule has 0 aromatic carbocycles. The van der Waals surface area contributed by atoms with E-state index in [1.165, 1.54) is 0 Å². The maximum absolute atomic E-state index is 11.5. The summed E-state index contributed by atoms with van der Waals surface area (Å²) in [4.78, 5) is 13.1. The number of hydrogen-bond donors (Lipinski definition) is 1. The second-order valence-electron chi connectivity index (χ2n) is 3.42. The molecule has 2 amide bonds. The van der Waals surface area contributed by atoms with Crippen LogP contribution in [0.1, 0.15) is 6.42 Å². The number of rotatable bonds is 4. The van der Waals surface area contributed by atoms with E-state index in [0.717, 1.165) is 13.0 Å². The number of amides is 2. The highest BCUT2D eigenvalue weighted by Crippen LogP contribution is 2.03. The summed E-state index contributed by atoms with van der Waals surface area (Å²) in [6.07, 6.45) is 0.907. The molecule has 1 unspecified atom stereocenters. The minimum Gasteiger partial charge on any atom is -0.383 e. The van der Waals surface area contributed by atoms with E-state index in [2.05, 4.69) is 5.32 Å². The normalized spacial score (nSPS) is 20.9. The lowest BCUT2D eigenvalue weighted by molar-refractivity contribution is 0.155. The maximum atomic E-state index is 11.5. The number of carbonyl (C=O) groups is 1. The van der Waals surface area contributed by atoms with Gasteiger partial charge in [-0.2, -0.15) is 0 Å². The fourth-order valence-electron chi connectivity index (χ4n) is 1.26. The van der Waals surface area contributed by atoms with Gasteiger partial charge < -0.3 is 19.7 Å². The van der Waals surface area contributed by atoms with Crippen LogP contribution < -0.4 is 5.32 Å². The highest BCUT2D eigenvalue weighted by molar-refractivity contribution is 5.74. The molecule has 0 bridgehead atoms. The first-order valence-corrected chi connectivity index (χ1v) is 4.82. The molecule has 0 saturated carbocycles. The second kappa shape index (κ2) is 5.82. The quantitative estimate of drug-likeness (QED) is 0.701. The second-order valence-corrected chi connectivity index (χ2v) is 3.42. The highest BCUT2D eigenvalue weighted by atomic mass is 16.5. The van der Waals surface area contributed by atoms with Gasteiger partial charge in [0.05, 0.1) is 19.3 Å². The number of nitrogens with one attached hydrogen (secondary N) is 1. The molecule has 0 aromatic rings. The van der Waals surface area contributed by atoms with Crippen molar-refractivity contribution in [2.75, 3.05) is 40.5 Å². The summed E-state index contributed by atoms with van der Waals surface area (Å²) in [5, 5.41) is 2.89. The molecule has 1 N–H and O–H groups in total. The lowest BCUT2D eigenvalue weighted by Crippen LogP contribution is -2.44. The van der Waals surface area contributed by atoms with Gasteiger partial charge in [0.15, 0.2) is 0 Å². The molecule has 1 saturated heterocycles. The Bertz CT molecular complexity index is 181. The van der Waals surface area contributed by atoms with E-state index in [-0.39, 0.29) is 12.1 Å². The van der Waals surface area contributed by atoms with Crippen LogP contribution in [0.25, 0.3) is 0 Å². The topological polar surface area (TPSA) is 50.8 Å². The Morgan fingerprint density at radius 3 is 3.07 bits per heavy atom. The van der Waals surface area contributed by atoms with Crippen molar-refractivity contribution in [3.63, 3.8) is 0 Å². The van der Waals surface area contributed by atoms with Crippen molar-refractivity contribution in [1.82, 2.24) is 10.2 Å². The monoisotopic (exact) mass is 202 g/mol.